The predicted molar refractivity (Wildman–Crippen MR) is 81.3 cm³/mol. The molecule has 0 spiro atoms. The summed E-state index contributed by atoms with van der Waals surface area (Å²) < 4.78 is 5.51. The Balaban J connectivity index is 1.68. The number of thiazole rings is 1. The Morgan fingerprint density at radius 3 is 2.90 bits per heavy atom. The zero-order valence-corrected chi connectivity index (χ0v) is 12.8. The van der Waals surface area contributed by atoms with E-state index in [1.165, 1.54) is 24.2 Å². The molecule has 6 nitrogen and oxygen atoms in total. The molecule has 112 valence electrons. The summed E-state index contributed by atoms with van der Waals surface area (Å²) in [5.74, 6) is 0.919. The highest BCUT2D eigenvalue weighted by atomic mass is 32.1. The predicted octanol–water partition coefficient (Wildman–Crippen LogP) is 1.34. The first-order chi connectivity index (χ1) is 9.58. The summed E-state index contributed by atoms with van der Waals surface area (Å²) in [4.78, 5) is 18.4. The first-order valence-electron chi connectivity index (χ1n) is 6.87. The Morgan fingerprint density at radius 1 is 1.55 bits per heavy atom. The van der Waals surface area contributed by atoms with Gasteiger partial charge in [-0.05, 0) is 25.2 Å². The van der Waals surface area contributed by atoms with Gasteiger partial charge in [-0.1, -0.05) is 11.3 Å². The minimum Gasteiger partial charge on any atom is -0.382 e. The Labute approximate surface area is 123 Å². The van der Waals surface area contributed by atoms with Crippen molar-refractivity contribution in [2.45, 2.75) is 19.3 Å². The summed E-state index contributed by atoms with van der Waals surface area (Å²) in [6, 6.07) is 0. The third-order valence-electron chi connectivity index (χ3n) is 3.03. The molecule has 0 aliphatic heterocycles. The Kier molecular flexibility index (Phi) is 5.19. The number of aromatic nitrogens is 1. The Hall–Kier alpha value is -1.34. The zero-order chi connectivity index (χ0) is 14.5. The molecule has 1 aromatic rings. The Bertz CT molecular complexity index is 457. The lowest BCUT2D eigenvalue weighted by molar-refractivity contribution is 0.0942. The number of amides is 1. The number of nitrogens with two attached hydrogens (primary N) is 1. The highest BCUT2D eigenvalue weighted by molar-refractivity contribution is 7.18. The average molecular weight is 298 g/mol. The van der Waals surface area contributed by atoms with Gasteiger partial charge in [0.15, 0.2) is 5.13 Å². The second-order valence-corrected chi connectivity index (χ2v) is 6.21. The molecule has 1 aliphatic rings. The number of hydrogen-bond donors (Lipinski definition) is 2. The maximum atomic E-state index is 12.0. The number of anilines is 2. The van der Waals surface area contributed by atoms with Crippen molar-refractivity contribution >= 4 is 28.2 Å². The topological polar surface area (TPSA) is 80.5 Å². The van der Waals surface area contributed by atoms with Gasteiger partial charge in [0, 0.05) is 33.9 Å². The molecule has 1 fully saturated rings. The first-order valence-corrected chi connectivity index (χ1v) is 7.69. The van der Waals surface area contributed by atoms with Gasteiger partial charge < -0.3 is 20.7 Å². The van der Waals surface area contributed by atoms with E-state index in [9.17, 15) is 4.79 Å². The van der Waals surface area contributed by atoms with Crippen molar-refractivity contribution in [1.82, 2.24) is 10.3 Å². The van der Waals surface area contributed by atoms with Crippen LogP contribution in [0.3, 0.4) is 0 Å². The van der Waals surface area contributed by atoms with E-state index in [-0.39, 0.29) is 5.91 Å². The summed E-state index contributed by atoms with van der Waals surface area (Å²) in [5.41, 5.74) is 5.76. The number of ether oxygens (including phenoxy) is 1. The van der Waals surface area contributed by atoms with Crippen molar-refractivity contribution < 1.29 is 9.53 Å². The fourth-order valence-electron chi connectivity index (χ4n) is 1.67. The van der Waals surface area contributed by atoms with Crippen LogP contribution >= 0.6 is 11.3 Å². The molecule has 0 radical (unpaired) electrons. The minimum absolute atomic E-state index is 0.157. The summed E-state index contributed by atoms with van der Waals surface area (Å²) in [6.07, 6.45) is 3.42. The molecule has 2 rings (SSSR count). The van der Waals surface area contributed by atoms with Gasteiger partial charge in [0.2, 0.25) is 0 Å². The van der Waals surface area contributed by atoms with Crippen molar-refractivity contribution in [3.63, 3.8) is 0 Å². The van der Waals surface area contributed by atoms with Crippen LogP contribution in [0.2, 0.25) is 0 Å². The van der Waals surface area contributed by atoms with Crippen LogP contribution in [0.1, 0.15) is 28.9 Å². The minimum atomic E-state index is -0.157. The molecule has 1 saturated carbocycles. The molecule has 0 atom stereocenters. The van der Waals surface area contributed by atoms with Crippen molar-refractivity contribution in [1.29, 1.82) is 0 Å². The lowest BCUT2D eigenvalue weighted by Gasteiger charge is -2.05. The van der Waals surface area contributed by atoms with Crippen molar-refractivity contribution in [2.24, 2.45) is 5.92 Å². The van der Waals surface area contributed by atoms with Crippen molar-refractivity contribution in [2.75, 3.05) is 44.5 Å². The second-order valence-electron chi connectivity index (χ2n) is 5.23. The Morgan fingerprint density at radius 2 is 2.30 bits per heavy atom. The van der Waals surface area contributed by atoms with Crippen molar-refractivity contribution in [3.05, 3.63) is 4.88 Å². The zero-order valence-electron chi connectivity index (χ0n) is 12.0. The van der Waals surface area contributed by atoms with E-state index in [1.807, 2.05) is 19.0 Å². The van der Waals surface area contributed by atoms with E-state index in [0.29, 0.717) is 23.8 Å². The molecule has 0 saturated heterocycles. The number of nitrogens with zero attached hydrogens (tertiary/aromatic N) is 2. The molecule has 3 N–H and O–H groups in total. The quantitative estimate of drug-likeness (QED) is 0.708. The maximum Gasteiger partial charge on any atom is 0.265 e. The van der Waals surface area contributed by atoms with E-state index in [0.717, 1.165) is 24.1 Å². The summed E-state index contributed by atoms with van der Waals surface area (Å²) in [5, 5.41) is 3.59. The van der Waals surface area contributed by atoms with Gasteiger partial charge in [0.1, 0.15) is 10.7 Å². The monoisotopic (exact) mass is 298 g/mol. The SMILES string of the molecule is CN(C)c1nc(N)c(C(=O)NCCCOCC2CC2)s1. The molecule has 1 amide bonds. The highest BCUT2D eigenvalue weighted by Gasteiger charge is 2.21. The van der Waals surface area contributed by atoms with Gasteiger partial charge in [-0.2, -0.15) is 0 Å². The maximum absolute atomic E-state index is 12.0. The molecule has 20 heavy (non-hydrogen) atoms. The summed E-state index contributed by atoms with van der Waals surface area (Å²) >= 11 is 1.30. The molecule has 1 aromatic heterocycles. The molecule has 0 aromatic carbocycles. The van der Waals surface area contributed by atoms with E-state index in [1.54, 1.807) is 0 Å². The van der Waals surface area contributed by atoms with E-state index < -0.39 is 0 Å². The van der Waals surface area contributed by atoms with E-state index in [4.69, 9.17) is 10.5 Å². The molecular weight excluding hydrogens is 276 g/mol. The fourth-order valence-corrected chi connectivity index (χ4v) is 2.49. The molecule has 7 heteroatoms. The van der Waals surface area contributed by atoms with Crippen LogP contribution in [0.4, 0.5) is 10.9 Å². The van der Waals surface area contributed by atoms with Crippen molar-refractivity contribution in [3.8, 4) is 0 Å². The van der Waals surface area contributed by atoms with E-state index >= 15 is 0 Å². The molecule has 1 heterocycles. The summed E-state index contributed by atoms with van der Waals surface area (Å²) in [7, 11) is 3.74. The van der Waals surface area contributed by atoms with Gasteiger partial charge >= 0.3 is 0 Å². The normalized spacial score (nSPS) is 14.3. The number of nitrogens with one attached hydrogen (secondary N) is 1. The largest absolute Gasteiger partial charge is 0.382 e. The second kappa shape index (κ2) is 6.90. The average Bonchev–Trinajstić information content (AvgIpc) is 3.14. The molecule has 0 bridgehead atoms. The lowest BCUT2D eigenvalue weighted by Crippen LogP contribution is -2.25. The van der Waals surface area contributed by atoms with Crippen LogP contribution in [0, 0.1) is 5.92 Å². The fraction of sp³-hybridized carbons (Fsp3) is 0.692. The van der Waals surface area contributed by atoms with Gasteiger partial charge in [-0.25, -0.2) is 4.98 Å². The van der Waals surface area contributed by atoms with Crippen LogP contribution in [0.25, 0.3) is 0 Å². The molecule has 0 unspecified atom stereocenters. The third-order valence-corrected chi connectivity index (χ3v) is 4.27. The molecular formula is C13H22N4O2S. The third kappa shape index (κ3) is 4.35. The van der Waals surface area contributed by atoms with Crippen LogP contribution in [0.15, 0.2) is 0 Å². The van der Waals surface area contributed by atoms with E-state index in [2.05, 4.69) is 10.3 Å². The van der Waals surface area contributed by atoms with Gasteiger partial charge in [0.05, 0.1) is 0 Å². The number of nitrogen functional groups attached to an aromatic ring is 1. The lowest BCUT2D eigenvalue weighted by atomic mass is 10.4. The van der Waals surface area contributed by atoms with Gasteiger partial charge in [-0.3, -0.25) is 4.79 Å². The number of rotatable bonds is 8. The highest BCUT2D eigenvalue weighted by Crippen LogP contribution is 2.28. The van der Waals surface area contributed by atoms with Crippen LogP contribution in [-0.4, -0.2) is 44.7 Å². The molecule has 1 aliphatic carbocycles. The number of hydrogen-bond acceptors (Lipinski definition) is 6. The van der Waals surface area contributed by atoms with Crippen LogP contribution in [0.5, 0.6) is 0 Å². The smallest absolute Gasteiger partial charge is 0.265 e. The number of carbonyl (C=O) groups is 1. The van der Waals surface area contributed by atoms with Crippen LogP contribution in [-0.2, 0) is 4.74 Å². The number of carbonyl (C=O) groups excluding carboxylic acids is 1. The first kappa shape index (κ1) is 15.1. The van der Waals surface area contributed by atoms with Gasteiger partial charge in [0.25, 0.3) is 5.91 Å². The standard InChI is InChI=1S/C13H22N4O2S/c1-17(2)13-16-11(14)10(20-13)12(18)15-6-3-7-19-8-9-4-5-9/h9H,3-8,14H2,1-2H3,(H,15,18). The summed E-state index contributed by atoms with van der Waals surface area (Å²) in [6.45, 7) is 2.15. The van der Waals surface area contributed by atoms with Crippen LogP contribution < -0.4 is 16.0 Å². The van der Waals surface area contributed by atoms with Gasteiger partial charge in [-0.15, -0.1) is 0 Å².